The molecule has 2 amide bonds. The van der Waals surface area contributed by atoms with Crippen LogP contribution in [0.3, 0.4) is 0 Å². The number of nitrogens with one attached hydrogen (secondary N) is 2. The molecule has 9 heteroatoms. The van der Waals surface area contributed by atoms with E-state index in [9.17, 15) is 13.6 Å². The molecule has 1 saturated carbocycles. The van der Waals surface area contributed by atoms with Crippen LogP contribution in [-0.2, 0) is 5.54 Å². The Morgan fingerprint density at radius 1 is 1.48 bits per heavy atom. The normalized spacial score (nSPS) is 16.5. The van der Waals surface area contributed by atoms with Gasteiger partial charge < -0.3 is 15.2 Å². The summed E-state index contributed by atoms with van der Waals surface area (Å²) in [5, 5.41) is 12.6. The van der Waals surface area contributed by atoms with E-state index in [4.69, 9.17) is 0 Å². The summed E-state index contributed by atoms with van der Waals surface area (Å²) < 4.78 is 29.5. The highest BCUT2D eigenvalue weighted by atomic mass is 32.1. The molecule has 0 unspecified atom stereocenters. The van der Waals surface area contributed by atoms with E-state index in [0.717, 1.165) is 6.42 Å². The highest BCUT2D eigenvalue weighted by Gasteiger charge is 2.44. The number of nitrogens with zero attached hydrogens (tertiary/aromatic N) is 2. The first-order valence-corrected chi connectivity index (χ1v) is 7.27. The quantitative estimate of drug-likeness (QED) is 0.907. The van der Waals surface area contributed by atoms with Crippen LogP contribution in [0.4, 0.5) is 19.3 Å². The molecule has 112 valence electrons. The fraction of sp³-hybridized carbons (Fsp3) is 0.417. The lowest BCUT2D eigenvalue weighted by Gasteiger charge is -2.39. The number of carbonyl (C=O) groups excluding carboxylic acids is 1. The van der Waals surface area contributed by atoms with Crippen molar-refractivity contribution in [1.29, 1.82) is 0 Å². The van der Waals surface area contributed by atoms with E-state index in [1.165, 1.54) is 11.3 Å². The molecule has 2 aromatic rings. The molecule has 0 spiro atoms. The Labute approximate surface area is 122 Å². The van der Waals surface area contributed by atoms with Crippen molar-refractivity contribution >= 4 is 23.1 Å². The van der Waals surface area contributed by atoms with Gasteiger partial charge in [-0.05, 0) is 30.7 Å². The van der Waals surface area contributed by atoms with Crippen LogP contribution in [0.25, 0.3) is 0 Å². The number of hydrogen-bond donors (Lipinski definition) is 2. The van der Waals surface area contributed by atoms with Gasteiger partial charge in [-0.2, -0.15) is 25.1 Å². The van der Waals surface area contributed by atoms with Crippen LogP contribution in [-0.4, -0.2) is 16.2 Å². The van der Waals surface area contributed by atoms with E-state index >= 15 is 0 Å². The minimum Gasteiger partial charge on any atom is -0.333 e. The average molecular weight is 314 g/mol. The van der Waals surface area contributed by atoms with Gasteiger partial charge in [-0.25, -0.2) is 4.79 Å². The van der Waals surface area contributed by atoms with Crippen molar-refractivity contribution in [3.05, 3.63) is 28.5 Å². The monoisotopic (exact) mass is 314 g/mol. The molecule has 2 aromatic heterocycles. The van der Waals surface area contributed by atoms with E-state index in [0.29, 0.717) is 18.5 Å². The average Bonchev–Trinajstić information content (AvgIpc) is 3.04. The summed E-state index contributed by atoms with van der Waals surface area (Å²) in [6.07, 6.45) is -0.779. The maximum absolute atomic E-state index is 12.5. The predicted octanol–water partition coefficient (Wildman–Crippen LogP) is 3.27. The molecule has 2 heterocycles. The number of carbonyl (C=O) groups is 1. The molecule has 1 aliphatic rings. The topological polar surface area (TPSA) is 80.0 Å². The van der Waals surface area contributed by atoms with Gasteiger partial charge in [-0.1, -0.05) is 5.16 Å². The van der Waals surface area contributed by atoms with Gasteiger partial charge in [0.25, 0.3) is 5.89 Å². The van der Waals surface area contributed by atoms with Crippen LogP contribution < -0.4 is 10.6 Å². The Kier molecular flexibility index (Phi) is 3.58. The number of hydrogen-bond acceptors (Lipinski definition) is 5. The Bertz CT molecular complexity index is 625. The summed E-state index contributed by atoms with van der Waals surface area (Å²) in [7, 11) is 0. The minimum absolute atomic E-state index is 0.101. The van der Waals surface area contributed by atoms with Gasteiger partial charge in [0.05, 0.1) is 5.69 Å². The third-order valence-electron chi connectivity index (χ3n) is 3.40. The summed E-state index contributed by atoms with van der Waals surface area (Å²) in [5.41, 5.74) is -0.148. The van der Waals surface area contributed by atoms with Crippen molar-refractivity contribution in [3.8, 4) is 0 Å². The number of urea groups is 1. The first-order valence-electron chi connectivity index (χ1n) is 6.33. The zero-order valence-electron chi connectivity index (χ0n) is 10.8. The van der Waals surface area contributed by atoms with Crippen molar-refractivity contribution < 1.29 is 18.1 Å². The van der Waals surface area contributed by atoms with Crippen LogP contribution in [0.5, 0.6) is 0 Å². The summed E-state index contributed by atoms with van der Waals surface area (Å²) >= 11 is 1.46. The van der Waals surface area contributed by atoms with Gasteiger partial charge in [0.1, 0.15) is 5.54 Å². The second-order valence-corrected chi connectivity index (χ2v) is 5.56. The van der Waals surface area contributed by atoms with Crippen molar-refractivity contribution in [2.24, 2.45) is 0 Å². The number of aromatic nitrogens is 2. The van der Waals surface area contributed by atoms with Crippen LogP contribution in [0.15, 0.2) is 21.3 Å². The summed E-state index contributed by atoms with van der Waals surface area (Å²) in [4.78, 5) is 15.7. The molecule has 2 N–H and O–H groups in total. The third-order valence-corrected chi connectivity index (χ3v) is 4.08. The minimum atomic E-state index is -2.82. The summed E-state index contributed by atoms with van der Waals surface area (Å²) in [6, 6.07) is 1.34. The molecular formula is C12H12F2N4O2S. The van der Waals surface area contributed by atoms with Crippen LogP contribution in [0.2, 0.25) is 0 Å². The van der Waals surface area contributed by atoms with Crippen molar-refractivity contribution in [1.82, 2.24) is 15.5 Å². The van der Waals surface area contributed by atoms with Crippen LogP contribution in [0, 0.1) is 0 Å². The second kappa shape index (κ2) is 5.40. The zero-order valence-corrected chi connectivity index (χ0v) is 11.6. The number of anilines is 1. The second-order valence-electron chi connectivity index (χ2n) is 4.78. The Balaban J connectivity index is 1.72. The van der Waals surface area contributed by atoms with Gasteiger partial charge in [-0.15, -0.1) is 0 Å². The predicted molar refractivity (Wildman–Crippen MR) is 71.3 cm³/mol. The third kappa shape index (κ3) is 2.73. The lowest BCUT2D eigenvalue weighted by molar-refractivity contribution is 0.106. The number of thiophene rings is 1. The Morgan fingerprint density at radius 2 is 2.29 bits per heavy atom. The molecule has 0 aliphatic heterocycles. The SMILES string of the molecule is O=C(Nc1ccsc1)NC1(c2noc(C(F)F)n2)CCC1. The Morgan fingerprint density at radius 3 is 2.81 bits per heavy atom. The molecule has 0 aromatic carbocycles. The molecular weight excluding hydrogens is 302 g/mol. The molecule has 3 rings (SSSR count). The molecule has 1 fully saturated rings. The van der Waals surface area contributed by atoms with Gasteiger partial charge >= 0.3 is 12.5 Å². The fourth-order valence-electron chi connectivity index (χ4n) is 2.17. The maximum Gasteiger partial charge on any atom is 0.320 e. The van der Waals surface area contributed by atoms with Gasteiger partial charge in [-0.3, -0.25) is 0 Å². The first-order chi connectivity index (χ1) is 10.1. The summed E-state index contributed by atoms with van der Waals surface area (Å²) in [5.74, 6) is -0.624. The molecule has 21 heavy (non-hydrogen) atoms. The van der Waals surface area contributed by atoms with Gasteiger partial charge in [0.15, 0.2) is 5.82 Å². The molecule has 0 radical (unpaired) electrons. The van der Waals surface area contributed by atoms with E-state index in [1.54, 1.807) is 11.4 Å². The van der Waals surface area contributed by atoms with Crippen molar-refractivity contribution in [2.45, 2.75) is 31.2 Å². The number of alkyl halides is 2. The molecule has 0 bridgehead atoms. The zero-order chi connectivity index (χ0) is 14.9. The van der Waals surface area contributed by atoms with Crippen molar-refractivity contribution in [2.75, 3.05) is 5.32 Å². The highest BCUT2D eigenvalue weighted by molar-refractivity contribution is 7.08. The largest absolute Gasteiger partial charge is 0.333 e. The van der Waals surface area contributed by atoms with E-state index in [2.05, 4.69) is 25.3 Å². The van der Waals surface area contributed by atoms with Crippen LogP contribution in [0.1, 0.15) is 37.4 Å². The molecule has 1 aliphatic carbocycles. The maximum atomic E-state index is 12.5. The Hall–Kier alpha value is -2.03. The number of rotatable bonds is 4. The highest BCUT2D eigenvalue weighted by Crippen LogP contribution is 2.40. The van der Waals surface area contributed by atoms with Gasteiger partial charge in [0, 0.05) is 5.38 Å². The number of halogens is 2. The molecule has 6 nitrogen and oxygen atoms in total. The number of amides is 2. The lowest BCUT2D eigenvalue weighted by atomic mass is 9.76. The molecule has 0 atom stereocenters. The lowest BCUT2D eigenvalue weighted by Crippen LogP contribution is -2.52. The van der Waals surface area contributed by atoms with E-state index in [1.807, 2.05) is 5.38 Å². The van der Waals surface area contributed by atoms with Gasteiger partial charge in [0.2, 0.25) is 0 Å². The molecule has 0 saturated heterocycles. The van der Waals surface area contributed by atoms with Crippen LogP contribution >= 0.6 is 11.3 Å². The smallest absolute Gasteiger partial charge is 0.320 e. The standard InChI is InChI=1S/C12H12F2N4O2S/c13-8(14)9-16-10(18-20-9)12(3-1-4-12)17-11(19)15-7-2-5-21-6-7/h2,5-6,8H,1,3-4H2,(H2,15,17,19). The van der Waals surface area contributed by atoms with E-state index < -0.39 is 23.9 Å². The summed E-state index contributed by atoms with van der Waals surface area (Å²) in [6.45, 7) is 0. The first kappa shape index (κ1) is 13.9. The van der Waals surface area contributed by atoms with E-state index in [-0.39, 0.29) is 5.82 Å². The van der Waals surface area contributed by atoms with Crippen molar-refractivity contribution in [3.63, 3.8) is 0 Å². The fourth-order valence-corrected chi connectivity index (χ4v) is 2.76.